The number of hydrogen-bond donors (Lipinski definition) is 1. The number of likely N-dealkylation sites (tertiary alicyclic amines) is 1. The van der Waals surface area contributed by atoms with Gasteiger partial charge in [0.2, 0.25) is 17.7 Å². The average molecular weight is 540 g/mol. The third-order valence-electron chi connectivity index (χ3n) is 7.71. The van der Waals surface area contributed by atoms with Crippen LogP contribution in [0.4, 0.5) is 5.69 Å². The normalized spacial score (nSPS) is 27.5. The summed E-state index contributed by atoms with van der Waals surface area (Å²) in [6.07, 6.45) is -0.0622. The van der Waals surface area contributed by atoms with Crippen molar-refractivity contribution in [2.45, 2.75) is 23.1 Å². The molecule has 0 aromatic heterocycles. The van der Waals surface area contributed by atoms with Gasteiger partial charge in [-0.15, -0.1) is 23.2 Å². The molecule has 1 N–H and O–H groups in total. The highest BCUT2D eigenvalue weighted by atomic mass is 35.5. The standard InChI is InChI=1S/C28H21Cl3N2O3/c1-15-10-11-16(29)14-21(15)32-22(34)12-13-33-25(35)23-24(26(33)36)28(31)18-7-3-2-6-17(18)27(23,30)19-8-4-5-9-20(19)28/h2-11,14,23-24H,12-13H2,1H3,(H,32,34)/t23-,24-,27?,28?/m1/s1. The molecule has 3 aliphatic carbocycles. The van der Waals surface area contributed by atoms with Crippen LogP contribution in [0.1, 0.15) is 34.2 Å². The SMILES string of the molecule is Cc1ccc(Cl)cc1NC(=O)CCN1C(=O)[C@H]2[C@H](C1=O)C1(Cl)c3ccccc3C2(Cl)c2ccccc21. The van der Waals surface area contributed by atoms with E-state index in [4.69, 9.17) is 34.8 Å². The second-order valence-corrected chi connectivity index (χ2v) is 11.2. The van der Waals surface area contributed by atoms with Gasteiger partial charge in [0, 0.05) is 23.7 Å². The third kappa shape index (κ3) is 3.00. The summed E-state index contributed by atoms with van der Waals surface area (Å²) in [6.45, 7) is 1.79. The quantitative estimate of drug-likeness (QED) is 0.348. The summed E-state index contributed by atoms with van der Waals surface area (Å²) in [5.74, 6) is -2.87. The molecular formula is C28H21Cl3N2O3. The predicted molar refractivity (Wildman–Crippen MR) is 139 cm³/mol. The lowest BCUT2D eigenvalue weighted by Crippen LogP contribution is -2.57. The van der Waals surface area contributed by atoms with Gasteiger partial charge in [-0.3, -0.25) is 19.3 Å². The predicted octanol–water partition coefficient (Wildman–Crippen LogP) is 5.57. The van der Waals surface area contributed by atoms with Crippen molar-refractivity contribution in [2.75, 3.05) is 11.9 Å². The van der Waals surface area contributed by atoms with Gasteiger partial charge >= 0.3 is 0 Å². The molecular weight excluding hydrogens is 519 g/mol. The van der Waals surface area contributed by atoms with Gasteiger partial charge in [-0.1, -0.05) is 66.2 Å². The van der Waals surface area contributed by atoms with Crippen LogP contribution in [0.15, 0.2) is 66.7 Å². The third-order valence-corrected chi connectivity index (χ3v) is 9.23. The second kappa shape index (κ2) is 8.07. The van der Waals surface area contributed by atoms with Crippen LogP contribution < -0.4 is 5.32 Å². The number of alkyl halides is 2. The van der Waals surface area contributed by atoms with Crippen molar-refractivity contribution in [3.8, 4) is 0 Å². The van der Waals surface area contributed by atoms with E-state index in [1.807, 2.05) is 55.5 Å². The molecule has 4 aliphatic rings. The fourth-order valence-electron chi connectivity index (χ4n) is 6.10. The Hall–Kier alpha value is -2.86. The van der Waals surface area contributed by atoms with E-state index in [-0.39, 0.29) is 18.9 Å². The molecule has 2 atom stereocenters. The Morgan fingerprint density at radius 1 is 0.861 bits per heavy atom. The fraction of sp³-hybridized carbons (Fsp3) is 0.250. The first-order valence-corrected chi connectivity index (χ1v) is 12.8. The maximum atomic E-state index is 13.8. The first-order valence-electron chi connectivity index (χ1n) is 11.7. The molecule has 36 heavy (non-hydrogen) atoms. The molecule has 0 spiro atoms. The van der Waals surface area contributed by atoms with E-state index in [1.54, 1.807) is 18.2 Å². The fourth-order valence-corrected chi connectivity index (χ4v) is 7.37. The number of amides is 3. The van der Waals surface area contributed by atoms with E-state index < -0.39 is 33.4 Å². The Balaban J connectivity index is 1.34. The molecule has 3 amide bonds. The molecule has 0 unspecified atom stereocenters. The summed E-state index contributed by atoms with van der Waals surface area (Å²) >= 11 is 20.8. The lowest BCUT2D eigenvalue weighted by molar-refractivity contribution is -0.140. The van der Waals surface area contributed by atoms with Crippen molar-refractivity contribution >= 4 is 58.2 Å². The van der Waals surface area contributed by atoms with Gasteiger partial charge in [-0.05, 0) is 46.9 Å². The number of halogens is 3. The van der Waals surface area contributed by atoms with Crippen molar-refractivity contribution < 1.29 is 14.4 Å². The molecule has 0 radical (unpaired) electrons. The van der Waals surface area contributed by atoms with Gasteiger partial charge < -0.3 is 5.32 Å². The highest BCUT2D eigenvalue weighted by Crippen LogP contribution is 2.69. The maximum absolute atomic E-state index is 13.8. The number of nitrogens with one attached hydrogen (secondary N) is 1. The summed E-state index contributed by atoms with van der Waals surface area (Å²) in [5, 5.41) is 3.32. The first kappa shape index (κ1) is 23.5. The minimum absolute atomic E-state index is 0.0622. The molecule has 7 rings (SSSR count). The smallest absolute Gasteiger partial charge is 0.235 e. The minimum atomic E-state index is -1.23. The topological polar surface area (TPSA) is 66.5 Å². The zero-order valence-electron chi connectivity index (χ0n) is 19.2. The van der Waals surface area contributed by atoms with Crippen LogP contribution in [-0.4, -0.2) is 29.2 Å². The molecule has 1 heterocycles. The van der Waals surface area contributed by atoms with Gasteiger partial charge in [-0.2, -0.15) is 0 Å². The van der Waals surface area contributed by atoms with Crippen molar-refractivity contribution in [2.24, 2.45) is 11.8 Å². The number of benzene rings is 3. The summed E-state index contributed by atoms with van der Waals surface area (Å²) in [5.41, 5.74) is 4.44. The Kier molecular flexibility index (Phi) is 5.28. The first-order chi connectivity index (χ1) is 17.2. The van der Waals surface area contributed by atoms with Gasteiger partial charge in [0.25, 0.3) is 0 Å². The van der Waals surface area contributed by atoms with Gasteiger partial charge in [-0.25, -0.2) is 0 Å². The van der Waals surface area contributed by atoms with Crippen molar-refractivity contribution in [1.29, 1.82) is 0 Å². The van der Waals surface area contributed by atoms with Crippen molar-refractivity contribution in [3.05, 3.63) is 99.6 Å². The van der Waals surface area contributed by atoms with Crippen molar-refractivity contribution in [3.63, 3.8) is 0 Å². The molecule has 1 aliphatic heterocycles. The molecule has 0 saturated carbocycles. The molecule has 1 saturated heterocycles. The number of carbonyl (C=O) groups excluding carboxylic acids is 3. The van der Waals surface area contributed by atoms with Gasteiger partial charge in [0.1, 0.15) is 9.75 Å². The lowest BCUT2D eigenvalue weighted by atomic mass is 9.54. The van der Waals surface area contributed by atoms with Gasteiger partial charge in [0.05, 0.1) is 11.8 Å². The molecule has 3 aromatic carbocycles. The lowest BCUT2D eigenvalue weighted by Gasteiger charge is -2.54. The maximum Gasteiger partial charge on any atom is 0.235 e. The summed E-state index contributed by atoms with van der Waals surface area (Å²) < 4.78 is 0. The molecule has 182 valence electrons. The van der Waals surface area contributed by atoms with E-state index in [0.29, 0.717) is 10.7 Å². The Morgan fingerprint density at radius 2 is 1.33 bits per heavy atom. The number of rotatable bonds is 4. The van der Waals surface area contributed by atoms with Crippen LogP contribution in [-0.2, 0) is 24.1 Å². The number of carbonyl (C=O) groups is 3. The molecule has 1 fully saturated rings. The molecule has 3 aromatic rings. The van der Waals surface area contributed by atoms with Crippen LogP contribution >= 0.6 is 34.8 Å². The monoisotopic (exact) mass is 538 g/mol. The highest BCUT2D eigenvalue weighted by molar-refractivity contribution is 6.36. The van der Waals surface area contributed by atoms with E-state index >= 15 is 0 Å². The largest absolute Gasteiger partial charge is 0.326 e. The van der Waals surface area contributed by atoms with Crippen LogP contribution in [0.2, 0.25) is 5.02 Å². The van der Waals surface area contributed by atoms with Crippen LogP contribution in [0.25, 0.3) is 0 Å². The van der Waals surface area contributed by atoms with Crippen LogP contribution in [0.3, 0.4) is 0 Å². The Morgan fingerprint density at radius 3 is 1.81 bits per heavy atom. The van der Waals surface area contributed by atoms with E-state index in [9.17, 15) is 14.4 Å². The van der Waals surface area contributed by atoms with E-state index in [0.717, 1.165) is 32.7 Å². The zero-order valence-corrected chi connectivity index (χ0v) is 21.5. The number of nitrogens with zero attached hydrogens (tertiary/aromatic N) is 1. The highest BCUT2D eigenvalue weighted by Gasteiger charge is 2.72. The number of aryl methyl sites for hydroxylation is 1. The Bertz CT molecular complexity index is 1350. The summed E-state index contributed by atoms with van der Waals surface area (Å²) in [6, 6.07) is 20.2. The Labute approximate surface area is 223 Å². The minimum Gasteiger partial charge on any atom is -0.326 e. The number of anilines is 1. The van der Waals surface area contributed by atoms with Gasteiger partial charge in [0.15, 0.2) is 0 Å². The molecule has 8 heteroatoms. The number of hydrogen-bond acceptors (Lipinski definition) is 3. The van der Waals surface area contributed by atoms with E-state index in [2.05, 4.69) is 5.32 Å². The summed E-state index contributed by atoms with van der Waals surface area (Å²) in [4.78, 5) is 39.0. The van der Waals surface area contributed by atoms with Crippen LogP contribution in [0, 0.1) is 18.8 Å². The molecule has 5 nitrogen and oxygen atoms in total. The van der Waals surface area contributed by atoms with Crippen molar-refractivity contribution in [1.82, 2.24) is 4.90 Å². The summed E-state index contributed by atoms with van der Waals surface area (Å²) in [7, 11) is 0. The second-order valence-electron chi connectivity index (χ2n) is 9.56. The average Bonchev–Trinajstić information content (AvgIpc) is 3.14. The van der Waals surface area contributed by atoms with E-state index in [1.165, 1.54) is 0 Å². The zero-order chi connectivity index (χ0) is 25.4. The number of imide groups is 1. The molecule has 2 bridgehead atoms. The van der Waals surface area contributed by atoms with Crippen LogP contribution in [0.5, 0.6) is 0 Å².